The van der Waals surface area contributed by atoms with Gasteiger partial charge in [0.1, 0.15) is 0 Å². The summed E-state index contributed by atoms with van der Waals surface area (Å²) in [6.45, 7) is 14.2. The average molecular weight is 401 g/mol. The Morgan fingerprint density at radius 2 is 2.00 bits per heavy atom. The van der Waals surface area contributed by atoms with Crippen molar-refractivity contribution in [2.75, 3.05) is 6.54 Å². The normalized spacial score (nSPS) is 25.0. The third kappa shape index (κ3) is 3.62. The number of ether oxygens (including phenoxy) is 1. The van der Waals surface area contributed by atoms with E-state index in [0.29, 0.717) is 12.0 Å². The number of halogens is 1. The summed E-state index contributed by atoms with van der Waals surface area (Å²) in [4.78, 5) is 0. The highest BCUT2D eigenvalue weighted by Crippen LogP contribution is 2.48. The maximum Gasteiger partial charge on any atom is 0.0681 e. The molecule has 0 radical (unpaired) electrons. The summed E-state index contributed by atoms with van der Waals surface area (Å²) in [6.07, 6.45) is 1.09. The Labute approximate surface area is 143 Å². The summed E-state index contributed by atoms with van der Waals surface area (Å²) >= 11 is 2.49. The summed E-state index contributed by atoms with van der Waals surface area (Å²) in [5.41, 5.74) is 2.61. The van der Waals surface area contributed by atoms with Crippen molar-refractivity contribution in [3.05, 3.63) is 32.9 Å². The second-order valence-corrected chi connectivity index (χ2v) is 8.37. The fourth-order valence-corrected chi connectivity index (χ4v) is 4.42. The Bertz CT molecular complexity index is 510. The summed E-state index contributed by atoms with van der Waals surface area (Å²) in [5.74, 6) is 0.475. The van der Waals surface area contributed by atoms with Crippen molar-refractivity contribution in [2.45, 2.75) is 65.2 Å². The monoisotopic (exact) mass is 401 g/mol. The number of hydrogen-bond acceptors (Lipinski definition) is 2. The highest BCUT2D eigenvalue weighted by atomic mass is 127. The van der Waals surface area contributed by atoms with Crippen LogP contribution >= 0.6 is 22.6 Å². The fourth-order valence-electron chi connectivity index (χ4n) is 3.72. The van der Waals surface area contributed by atoms with Crippen LogP contribution in [0.3, 0.4) is 0 Å². The van der Waals surface area contributed by atoms with Crippen LogP contribution in [-0.4, -0.2) is 17.7 Å². The Morgan fingerprint density at radius 3 is 2.52 bits per heavy atom. The molecule has 0 saturated carbocycles. The Morgan fingerprint density at radius 1 is 1.33 bits per heavy atom. The molecule has 1 saturated heterocycles. The fraction of sp³-hybridized carbons (Fsp3) is 0.667. The van der Waals surface area contributed by atoms with Gasteiger partial charge >= 0.3 is 0 Å². The zero-order chi connectivity index (χ0) is 15.8. The highest BCUT2D eigenvalue weighted by molar-refractivity contribution is 14.1. The van der Waals surface area contributed by atoms with Gasteiger partial charge in [-0.1, -0.05) is 25.1 Å². The molecule has 1 aliphatic heterocycles. The zero-order valence-electron chi connectivity index (χ0n) is 14.1. The molecule has 21 heavy (non-hydrogen) atoms. The van der Waals surface area contributed by atoms with Gasteiger partial charge in [-0.25, -0.2) is 0 Å². The molecule has 0 aliphatic carbocycles. The third-order valence-electron chi connectivity index (χ3n) is 4.53. The predicted molar refractivity (Wildman–Crippen MR) is 97.7 cm³/mol. The van der Waals surface area contributed by atoms with Crippen LogP contribution in [0.5, 0.6) is 0 Å². The van der Waals surface area contributed by atoms with E-state index in [-0.39, 0.29) is 11.2 Å². The van der Waals surface area contributed by atoms with Crippen molar-refractivity contribution in [3.63, 3.8) is 0 Å². The molecular weight excluding hydrogens is 373 g/mol. The molecule has 2 atom stereocenters. The van der Waals surface area contributed by atoms with Crippen molar-refractivity contribution < 1.29 is 4.74 Å². The standard InChI is InChI=1S/C18H28INO/c1-7-20-16(13-10-8-9-12(2)15(13)19)14-11-17(3,4)21-18(14,5)6/h8-10,14,16,20H,7,11H2,1-6H3. The lowest BCUT2D eigenvalue weighted by Crippen LogP contribution is -2.39. The van der Waals surface area contributed by atoms with E-state index < -0.39 is 0 Å². The molecule has 1 fully saturated rings. The topological polar surface area (TPSA) is 21.3 Å². The van der Waals surface area contributed by atoms with Gasteiger partial charge < -0.3 is 10.1 Å². The zero-order valence-corrected chi connectivity index (χ0v) is 16.2. The molecule has 118 valence electrons. The van der Waals surface area contributed by atoms with Crippen molar-refractivity contribution >= 4 is 22.6 Å². The highest BCUT2D eigenvalue weighted by Gasteiger charge is 2.49. The molecule has 1 aliphatic rings. The molecule has 2 rings (SSSR count). The van der Waals surface area contributed by atoms with Crippen LogP contribution in [0.4, 0.5) is 0 Å². The van der Waals surface area contributed by atoms with E-state index in [1.807, 2.05) is 0 Å². The van der Waals surface area contributed by atoms with E-state index in [9.17, 15) is 0 Å². The maximum atomic E-state index is 6.33. The van der Waals surface area contributed by atoms with E-state index in [2.05, 4.69) is 87.6 Å². The van der Waals surface area contributed by atoms with Crippen molar-refractivity contribution in [1.29, 1.82) is 0 Å². The molecule has 1 N–H and O–H groups in total. The van der Waals surface area contributed by atoms with E-state index in [1.165, 1.54) is 14.7 Å². The average Bonchev–Trinajstić information content (AvgIpc) is 2.58. The minimum Gasteiger partial charge on any atom is -0.369 e. The summed E-state index contributed by atoms with van der Waals surface area (Å²) in [6, 6.07) is 6.97. The largest absolute Gasteiger partial charge is 0.369 e. The predicted octanol–water partition coefficient (Wildman–Crippen LogP) is 4.84. The van der Waals surface area contributed by atoms with Gasteiger partial charge in [0.2, 0.25) is 0 Å². The lowest BCUT2D eigenvalue weighted by atomic mass is 9.78. The van der Waals surface area contributed by atoms with Crippen LogP contribution in [-0.2, 0) is 4.74 Å². The van der Waals surface area contributed by atoms with Gasteiger partial charge in [0.05, 0.1) is 11.2 Å². The molecule has 2 nitrogen and oxygen atoms in total. The van der Waals surface area contributed by atoms with Gasteiger partial charge in [-0.2, -0.15) is 0 Å². The Hall–Kier alpha value is -0.130. The van der Waals surface area contributed by atoms with Crippen LogP contribution < -0.4 is 5.32 Å². The number of rotatable bonds is 4. The van der Waals surface area contributed by atoms with Gasteiger partial charge in [0.25, 0.3) is 0 Å². The van der Waals surface area contributed by atoms with Crippen LogP contribution in [0.2, 0.25) is 0 Å². The molecule has 0 amide bonds. The third-order valence-corrected chi connectivity index (χ3v) is 6.00. The first kappa shape index (κ1) is 17.2. The van der Waals surface area contributed by atoms with Crippen LogP contribution in [0.1, 0.15) is 58.2 Å². The minimum absolute atomic E-state index is 0.0445. The smallest absolute Gasteiger partial charge is 0.0681 e. The lowest BCUT2D eigenvalue weighted by Gasteiger charge is -2.34. The molecule has 1 aromatic rings. The summed E-state index contributed by atoms with van der Waals surface area (Å²) < 4.78 is 7.70. The summed E-state index contributed by atoms with van der Waals surface area (Å²) in [5, 5.41) is 3.72. The van der Waals surface area contributed by atoms with E-state index >= 15 is 0 Å². The molecular formula is C18H28INO. The number of benzene rings is 1. The van der Waals surface area contributed by atoms with E-state index in [4.69, 9.17) is 4.74 Å². The molecule has 1 heterocycles. The molecule has 0 spiro atoms. The SMILES string of the molecule is CCNC(c1cccc(C)c1I)C1CC(C)(C)OC1(C)C. The first-order valence-electron chi connectivity index (χ1n) is 7.86. The van der Waals surface area contributed by atoms with Gasteiger partial charge in [-0.3, -0.25) is 0 Å². The van der Waals surface area contributed by atoms with Crippen molar-refractivity contribution in [3.8, 4) is 0 Å². The minimum atomic E-state index is -0.108. The Kier molecular flexibility index (Phi) is 5.06. The van der Waals surface area contributed by atoms with Gasteiger partial charge in [0, 0.05) is 15.5 Å². The molecule has 1 aromatic carbocycles. The summed E-state index contributed by atoms with van der Waals surface area (Å²) in [7, 11) is 0. The maximum absolute atomic E-state index is 6.33. The number of hydrogen-bond donors (Lipinski definition) is 1. The van der Waals surface area contributed by atoms with Crippen LogP contribution in [0.25, 0.3) is 0 Å². The molecule has 0 bridgehead atoms. The van der Waals surface area contributed by atoms with E-state index in [1.54, 1.807) is 0 Å². The first-order chi connectivity index (χ1) is 9.68. The quantitative estimate of drug-likeness (QED) is 0.729. The lowest BCUT2D eigenvalue weighted by molar-refractivity contribution is -0.0778. The molecule has 0 aromatic heterocycles. The number of aryl methyl sites for hydroxylation is 1. The van der Waals surface area contributed by atoms with E-state index in [0.717, 1.165) is 13.0 Å². The molecule has 3 heteroatoms. The van der Waals surface area contributed by atoms with Crippen molar-refractivity contribution in [2.24, 2.45) is 5.92 Å². The second kappa shape index (κ2) is 6.17. The van der Waals surface area contributed by atoms with Gasteiger partial charge in [0.15, 0.2) is 0 Å². The van der Waals surface area contributed by atoms with Crippen LogP contribution in [0.15, 0.2) is 18.2 Å². The molecule has 2 unspecified atom stereocenters. The van der Waals surface area contributed by atoms with Gasteiger partial charge in [-0.05, 0) is 81.3 Å². The Balaban J connectivity index is 2.42. The van der Waals surface area contributed by atoms with Gasteiger partial charge in [-0.15, -0.1) is 0 Å². The van der Waals surface area contributed by atoms with Crippen molar-refractivity contribution in [1.82, 2.24) is 5.32 Å². The van der Waals surface area contributed by atoms with Crippen LogP contribution in [0, 0.1) is 16.4 Å². The number of nitrogens with one attached hydrogen (secondary N) is 1. The first-order valence-corrected chi connectivity index (χ1v) is 8.94. The second-order valence-electron chi connectivity index (χ2n) is 7.29.